The van der Waals surface area contributed by atoms with Crippen LogP contribution in [0, 0.1) is 17.2 Å². The number of nitrogens with one attached hydrogen (secondary N) is 2. The van der Waals surface area contributed by atoms with Crippen molar-refractivity contribution in [3.63, 3.8) is 0 Å². The van der Waals surface area contributed by atoms with Crippen molar-refractivity contribution < 1.29 is 4.79 Å². The zero-order valence-corrected chi connectivity index (χ0v) is 18.8. The van der Waals surface area contributed by atoms with Gasteiger partial charge in [0.15, 0.2) is 0 Å². The highest BCUT2D eigenvalue weighted by atomic mass is 16.2. The summed E-state index contributed by atoms with van der Waals surface area (Å²) in [6.45, 7) is 7.68. The fourth-order valence-electron chi connectivity index (χ4n) is 5.29. The largest absolute Gasteiger partial charge is 0.355 e. The Kier molecular flexibility index (Phi) is 6.98. The highest BCUT2D eigenvalue weighted by Crippen LogP contribution is 2.34. The second-order valence-corrected chi connectivity index (χ2v) is 9.57. The molecule has 166 valence electrons. The highest BCUT2D eigenvalue weighted by Gasteiger charge is 2.28. The van der Waals surface area contributed by atoms with Gasteiger partial charge in [-0.05, 0) is 68.8 Å². The predicted octanol–water partition coefficient (Wildman–Crippen LogP) is 3.12. The number of carbonyl (C=O) groups is 1. The van der Waals surface area contributed by atoms with Crippen LogP contribution in [0.3, 0.4) is 0 Å². The maximum atomic E-state index is 12.7. The van der Waals surface area contributed by atoms with Gasteiger partial charge >= 0.3 is 0 Å². The number of piperidine rings is 2. The van der Waals surface area contributed by atoms with Crippen LogP contribution < -0.4 is 5.32 Å². The molecule has 2 atom stereocenters. The number of hydrogen-bond acceptors (Lipinski definition) is 5. The van der Waals surface area contributed by atoms with Crippen molar-refractivity contribution in [1.29, 1.82) is 5.41 Å². The second-order valence-electron chi connectivity index (χ2n) is 9.57. The summed E-state index contributed by atoms with van der Waals surface area (Å²) in [6, 6.07) is 8.25. The number of fused-ring (bicyclic) bond motifs is 1. The molecule has 2 fully saturated rings. The summed E-state index contributed by atoms with van der Waals surface area (Å²) in [7, 11) is 2.17. The van der Waals surface area contributed by atoms with Crippen LogP contribution in [0.2, 0.25) is 0 Å². The third-order valence-electron chi connectivity index (χ3n) is 6.96. The first kappa shape index (κ1) is 21.9. The van der Waals surface area contributed by atoms with E-state index in [4.69, 9.17) is 5.41 Å². The van der Waals surface area contributed by atoms with Gasteiger partial charge in [0, 0.05) is 43.0 Å². The molecule has 1 amide bonds. The van der Waals surface area contributed by atoms with Gasteiger partial charge in [0.05, 0.1) is 12.1 Å². The van der Waals surface area contributed by atoms with Crippen molar-refractivity contribution in [3.05, 3.63) is 41.6 Å². The van der Waals surface area contributed by atoms with Crippen molar-refractivity contribution in [2.24, 2.45) is 11.8 Å². The van der Waals surface area contributed by atoms with Crippen molar-refractivity contribution in [2.75, 3.05) is 46.3 Å². The molecule has 1 aromatic carbocycles. The zero-order chi connectivity index (χ0) is 21.8. The molecular weight excluding hydrogens is 386 g/mol. The molecule has 6 nitrogen and oxygen atoms in total. The molecule has 0 radical (unpaired) electrons. The van der Waals surface area contributed by atoms with Gasteiger partial charge in [-0.1, -0.05) is 25.1 Å². The fraction of sp³-hybridized carbons (Fsp3) is 0.560. The van der Waals surface area contributed by atoms with Gasteiger partial charge in [-0.3, -0.25) is 14.7 Å². The topological polar surface area (TPSA) is 72.3 Å². The number of benzene rings is 1. The Hall–Kier alpha value is -2.31. The van der Waals surface area contributed by atoms with Crippen molar-refractivity contribution in [1.82, 2.24) is 20.1 Å². The lowest BCUT2D eigenvalue weighted by atomic mass is 9.83. The lowest BCUT2D eigenvalue weighted by Gasteiger charge is -2.37. The van der Waals surface area contributed by atoms with Gasteiger partial charge in [-0.2, -0.15) is 0 Å². The first-order valence-electron chi connectivity index (χ1n) is 11.6. The molecule has 0 aliphatic carbocycles. The van der Waals surface area contributed by atoms with E-state index in [-0.39, 0.29) is 5.91 Å². The summed E-state index contributed by atoms with van der Waals surface area (Å²) in [6.07, 6.45) is 6.63. The quantitative estimate of drug-likeness (QED) is 0.703. The summed E-state index contributed by atoms with van der Waals surface area (Å²) in [5.41, 5.74) is 3.04. The summed E-state index contributed by atoms with van der Waals surface area (Å²) >= 11 is 0. The van der Waals surface area contributed by atoms with Crippen LogP contribution >= 0.6 is 0 Å². The number of carbonyl (C=O) groups excluding carboxylic acids is 1. The van der Waals surface area contributed by atoms with Crippen molar-refractivity contribution in [2.45, 2.75) is 32.1 Å². The Bertz CT molecular complexity index is 921. The van der Waals surface area contributed by atoms with Crippen LogP contribution in [0.5, 0.6) is 0 Å². The lowest BCUT2D eigenvalue weighted by molar-refractivity contribution is -0.123. The number of pyridine rings is 1. The molecule has 4 rings (SSSR count). The van der Waals surface area contributed by atoms with E-state index in [0.717, 1.165) is 55.6 Å². The van der Waals surface area contributed by atoms with Gasteiger partial charge in [-0.25, -0.2) is 0 Å². The van der Waals surface area contributed by atoms with Gasteiger partial charge in [-0.15, -0.1) is 0 Å². The second kappa shape index (κ2) is 9.88. The molecule has 0 saturated carbocycles. The molecule has 2 aliphatic rings. The third kappa shape index (κ3) is 5.31. The Balaban J connectivity index is 1.40. The maximum Gasteiger partial charge on any atom is 0.234 e. The van der Waals surface area contributed by atoms with Crippen molar-refractivity contribution >= 4 is 23.0 Å². The van der Waals surface area contributed by atoms with Crippen LogP contribution in [0.15, 0.2) is 30.5 Å². The van der Waals surface area contributed by atoms with E-state index in [1.54, 1.807) is 6.20 Å². The van der Waals surface area contributed by atoms with E-state index in [1.165, 1.54) is 24.6 Å². The van der Waals surface area contributed by atoms with Crippen LogP contribution in [0.1, 0.15) is 43.2 Å². The fourth-order valence-corrected chi connectivity index (χ4v) is 5.29. The number of likely N-dealkylation sites (tertiary alicyclic amines) is 2. The van der Waals surface area contributed by atoms with Gasteiger partial charge in [0.25, 0.3) is 0 Å². The van der Waals surface area contributed by atoms with Crippen LogP contribution in [0.4, 0.5) is 0 Å². The molecule has 0 unspecified atom stereocenters. The van der Waals surface area contributed by atoms with E-state index in [1.807, 2.05) is 12.1 Å². The Morgan fingerprint density at radius 3 is 2.84 bits per heavy atom. The van der Waals surface area contributed by atoms with E-state index >= 15 is 0 Å². The average Bonchev–Trinajstić information content (AvgIpc) is 2.77. The zero-order valence-electron chi connectivity index (χ0n) is 18.8. The number of amides is 1. The highest BCUT2D eigenvalue weighted by molar-refractivity contribution is 5.98. The molecule has 0 bridgehead atoms. The molecule has 2 saturated heterocycles. The summed E-state index contributed by atoms with van der Waals surface area (Å²) in [4.78, 5) is 21.9. The normalized spacial score (nSPS) is 23.7. The Morgan fingerprint density at radius 1 is 1.26 bits per heavy atom. The molecule has 0 spiro atoms. The molecule has 2 aromatic rings. The monoisotopic (exact) mass is 421 g/mol. The molecule has 31 heavy (non-hydrogen) atoms. The van der Waals surface area contributed by atoms with E-state index in [2.05, 4.69) is 46.2 Å². The lowest BCUT2D eigenvalue weighted by Crippen LogP contribution is -2.45. The number of hydrogen-bond donors (Lipinski definition) is 2. The van der Waals surface area contributed by atoms with Gasteiger partial charge < -0.3 is 15.6 Å². The van der Waals surface area contributed by atoms with E-state index in [9.17, 15) is 4.79 Å². The minimum atomic E-state index is 0.150. The number of rotatable bonds is 6. The molecular formula is C25H35N5O. The Labute approximate surface area is 185 Å². The first-order valence-corrected chi connectivity index (χ1v) is 11.6. The van der Waals surface area contributed by atoms with Gasteiger partial charge in [0.1, 0.15) is 0 Å². The molecule has 2 N–H and O–H groups in total. The molecule has 6 heteroatoms. The minimum Gasteiger partial charge on any atom is -0.355 e. The van der Waals surface area contributed by atoms with Gasteiger partial charge in [0.2, 0.25) is 5.91 Å². The smallest absolute Gasteiger partial charge is 0.234 e. The van der Waals surface area contributed by atoms with E-state index < -0.39 is 0 Å². The summed E-state index contributed by atoms with van der Waals surface area (Å²) < 4.78 is 0. The summed E-state index contributed by atoms with van der Waals surface area (Å²) in [5, 5.41) is 12.0. The molecule has 3 heterocycles. The first-order chi connectivity index (χ1) is 15.0. The van der Waals surface area contributed by atoms with Crippen LogP contribution in [0.25, 0.3) is 10.9 Å². The minimum absolute atomic E-state index is 0.150. The maximum absolute atomic E-state index is 12.7. The van der Waals surface area contributed by atoms with Crippen LogP contribution in [-0.4, -0.2) is 73.2 Å². The Morgan fingerprint density at radius 2 is 2.06 bits per heavy atom. The number of aromatic nitrogens is 1. The predicted molar refractivity (Wildman–Crippen MR) is 126 cm³/mol. The SMILES string of the molecule is C[C@@H]1C[C@@H](c2ccc(C=N)c3ncccc23)CN(CC(=O)NCC2CCN(C)CC2)C1. The standard InChI is InChI=1S/C25H35N5O/c1-18-12-21(22-6-5-20(13-26)25-23(22)4-3-9-27-25)16-30(15-18)17-24(31)28-14-19-7-10-29(2)11-8-19/h3-6,9,13,18-19,21,26H,7-8,10-12,14-17H2,1-2H3,(H,28,31)/t18-,21-/m1/s1. The number of nitrogens with zero attached hydrogens (tertiary/aromatic N) is 3. The third-order valence-corrected chi connectivity index (χ3v) is 6.96. The van der Waals surface area contributed by atoms with Crippen molar-refractivity contribution in [3.8, 4) is 0 Å². The van der Waals surface area contributed by atoms with E-state index in [0.29, 0.717) is 24.3 Å². The molecule has 1 aromatic heterocycles. The molecule has 2 aliphatic heterocycles. The van der Waals surface area contributed by atoms with Crippen LogP contribution in [-0.2, 0) is 4.79 Å². The average molecular weight is 422 g/mol. The summed E-state index contributed by atoms with van der Waals surface area (Å²) in [5.74, 6) is 1.67.